The Bertz CT molecular complexity index is 868. The summed E-state index contributed by atoms with van der Waals surface area (Å²) in [6, 6.07) is 0.521. The molecule has 4 rings (SSSR count). The van der Waals surface area contributed by atoms with Gasteiger partial charge in [0, 0.05) is 19.1 Å². The van der Waals surface area contributed by atoms with Crippen LogP contribution in [0.3, 0.4) is 0 Å². The lowest BCUT2D eigenvalue weighted by Crippen LogP contribution is -2.40. The van der Waals surface area contributed by atoms with Gasteiger partial charge in [-0.1, -0.05) is 0 Å². The average molecular weight is 394 g/mol. The maximum absolute atomic E-state index is 15.3. The molecule has 0 bridgehead atoms. The minimum absolute atomic E-state index is 0.114. The molecule has 154 valence electrons. The Kier molecular flexibility index (Phi) is 4.67. The minimum Gasteiger partial charge on any atom is -0.394 e. The molecule has 2 aromatic heterocycles. The minimum atomic E-state index is -2.11. The number of nitrogens with one attached hydrogen (secondary N) is 1. The number of hydrogen-bond acceptors (Lipinski definition) is 8. The summed E-state index contributed by atoms with van der Waals surface area (Å²) in [5.74, 6) is 1.09. The summed E-state index contributed by atoms with van der Waals surface area (Å²) in [5.41, 5.74) is -1.15. The number of fused-ring (bicyclic) bond motifs is 1. The number of ether oxygens (including phenoxy) is 1. The van der Waals surface area contributed by atoms with Gasteiger partial charge in [-0.2, -0.15) is 9.97 Å². The molecular weight excluding hydrogens is 367 g/mol. The van der Waals surface area contributed by atoms with Crippen molar-refractivity contribution < 1.29 is 19.3 Å². The first-order chi connectivity index (χ1) is 13.2. The van der Waals surface area contributed by atoms with Crippen molar-refractivity contribution in [3.63, 3.8) is 0 Å². The van der Waals surface area contributed by atoms with Crippen molar-refractivity contribution >= 4 is 22.9 Å². The number of aliphatic hydroxyl groups is 2. The summed E-state index contributed by atoms with van der Waals surface area (Å²) >= 11 is 0. The van der Waals surface area contributed by atoms with E-state index in [-0.39, 0.29) is 6.04 Å². The predicted octanol–water partition coefficient (Wildman–Crippen LogP) is 1.22. The highest BCUT2D eigenvalue weighted by molar-refractivity contribution is 5.85. The molecule has 28 heavy (non-hydrogen) atoms. The highest BCUT2D eigenvalue weighted by Gasteiger charge is 2.55. The second kappa shape index (κ2) is 6.78. The van der Waals surface area contributed by atoms with Crippen molar-refractivity contribution in [1.29, 1.82) is 0 Å². The van der Waals surface area contributed by atoms with Gasteiger partial charge in [-0.05, 0) is 33.6 Å². The van der Waals surface area contributed by atoms with E-state index in [4.69, 9.17) is 4.74 Å². The SMILES string of the molecule is CC(C)Nc1nc(N(C)C2CC2)c2ncn([C@@H]3O[C@H](CO)[C@@H](O)[C@@]3(C)F)c2n1. The summed E-state index contributed by atoms with van der Waals surface area (Å²) in [5, 5.41) is 22.8. The fourth-order valence-corrected chi connectivity index (χ4v) is 3.64. The first-order valence-corrected chi connectivity index (χ1v) is 9.61. The van der Waals surface area contributed by atoms with Gasteiger partial charge in [0.2, 0.25) is 5.95 Å². The van der Waals surface area contributed by atoms with Crippen LogP contribution in [0.2, 0.25) is 0 Å². The molecule has 0 spiro atoms. The number of nitrogens with zero attached hydrogens (tertiary/aromatic N) is 5. The number of imidazole rings is 1. The van der Waals surface area contributed by atoms with E-state index in [1.807, 2.05) is 20.9 Å². The van der Waals surface area contributed by atoms with E-state index in [1.165, 1.54) is 17.8 Å². The average Bonchev–Trinajstić information content (AvgIpc) is 3.36. The highest BCUT2D eigenvalue weighted by atomic mass is 19.1. The van der Waals surface area contributed by atoms with Gasteiger partial charge in [0.05, 0.1) is 12.9 Å². The topological polar surface area (TPSA) is 109 Å². The Balaban J connectivity index is 1.83. The molecule has 2 fully saturated rings. The van der Waals surface area contributed by atoms with Crippen LogP contribution in [0.15, 0.2) is 6.33 Å². The third kappa shape index (κ3) is 3.09. The van der Waals surface area contributed by atoms with Gasteiger partial charge in [0.25, 0.3) is 0 Å². The fourth-order valence-electron chi connectivity index (χ4n) is 3.64. The van der Waals surface area contributed by atoms with Crippen LogP contribution in [0, 0.1) is 0 Å². The monoisotopic (exact) mass is 394 g/mol. The number of aromatic nitrogens is 4. The van der Waals surface area contributed by atoms with Gasteiger partial charge in [0.1, 0.15) is 12.2 Å². The van der Waals surface area contributed by atoms with E-state index in [0.717, 1.165) is 12.8 Å². The molecule has 2 aliphatic rings. The van der Waals surface area contributed by atoms with E-state index in [9.17, 15) is 10.2 Å². The maximum atomic E-state index is 15.3. The Morgan fingerprint density at radius 2 is 2.14 bits per heavy atom. The van der Waals surface area contributed by atoms with Crippen LogP contribution in [0.4, 0.5) is 16.2 Å². The lowest BCUT2D eigenvalue weighted by Gasteiger charge is -2.25. The molecule has 4 atom stereocenters. The second-order valence-corrected chi connectivity index (χ2v) is 8.14. The van der Waals surface area contributed by atoms with E-state index in [2.05, 4.69) is 25.2 Å². The highest BCUT2D eigenvalue weighted by Crippen LogP contribution is 2.43. The molecule has 0 radical (unpaired) electrons. The Labute approximate surface area is 162 Å². The molecular formula is C18H27FN6O3. The quantitative estimate of drug-likeness (QED) is 0.671. The molecule has 0 amide bonds. The molecule has 9 nitrogen and oxygen atoms in total. The second-order valence-electron chi connectivity index (χ2n) is 8.14. The van der Waals surface area contributed by atoms with Crippen molar-refractivity contribution in [1.82, 2.24) is 19.5 Å². The molecule has 1 aliphatic carbocycles. The molecule has 3 N–H and O–H groups in total. The number of hydrogen-bond donors (Lipinski definition) is 3. The van der Waals surface area contributed by atoms with E-state index in [1.54, 1.807) is 0 Å². The van der Waals surface area contributed by atoms with Crippen LogP contribution in [0.5, 0.6) is 0 Å². The molecule has 3 heterocycles. The normalized spacial score (nSPS) is 30.4. The summed E-state index contributed by atoms with van der Waals surface area (Å²) in [4.78, 5) is 15.7. The number of alkyl halides is 1. The lowest BCUT2D eigenvalue weighted by atomic mass is 9.98. The molecule has 1 aliphatic heterocycles. The van der Waals surface area contributed by atoms with E-state index < -0.39 is 30.7 Å². The van der Waals surface area contributed by atoms with Crippen LogP contribution in [0.1, 0.15) is 39.8 Å². The molecule has 1 saturated carbocycles. The van der Waals surface area contributed by atoms with Crippen LogP contribution in [-0.4, -0.2) is 73.3 Å². The first-order valence-electron chi connectivity index (χ1n) is 9.61. The number of rotatable bonds is 6. The summed E-state index contributed by atoms with van der Waals surface area (Å²) in [7, 11) is 1.97. The van der Waals surface area contributed by atoms with Crippen molar-refractivity contribution in [2.24, 2.45) is 0 Å². The van der Waals surface area contributed by atoms with Gasteiger partial charge in [-0.3, -0.25) is 4.57 Å². The number of anilines is 2. The standard InChI is InChI=1S/C18H27FN6O3/c1-9(2)21-17-22-14(24(4)10-5-6-10)12-15(23-17)25(8-20-12)16-18(3,19)13(27)11(7-26)28-16/h8-11,13,16,26-27H,5-7H2,1-4H3,(H,21,22,23)/t11-,13-,16-,18-/m1/s1. The zero-order valence-corrected chi connectivity index (χ0v) is 16.5. The third-order valence-electron chi connectivity index (χ3n) is 5.40. The largest absolute Gasteiger partial charge is 0.394 e. The molecule has 0 unspecified atom stereocenters. The Hall–Kier alpha value is -2.04. The number of halogens is 1. The van der Waals surface area contributed by atoms with Crippen LogP contribution < -0.4 is 10.2 Å². The predicted molar refractivity (Wildman–Crippen MR) is 102 cm³/mol. The zero-order chi connectivity index (χ0) is 20.2. The van der Waals surface area contributed by atoms with Crippen molar-refractivity contribution in [2.45, 2.75) is 69.8 Å². The van der Waals surface area contributed by atoms with Crippen molar-refractivity contribution in [2.75, 3.05) is 23.9 Å². The smallest absolute Gasteiger partial charge is 0.226 e. The molecule has 10 heteroatoms. The van der Waals surface area contributed by atoms with Crippen LogP contribution in [0.25, 0.3) is 11.2 Å². The Morgan fingerprint density at radius 3 is 2.71 bits per heavy atom. The molecule has 2 aromatic rings. The van der Waals surface area contributed by atoms with Gasteiger partial charge >= 0.3 is 0 Å². The first kappa shape index (κ1) is 19.3. The van der Waals surface area contributed by atoms with Crippen molar-refractivity contribution in [3.05, 3.63) is 6.33 Å². The Morgan fingerprint density at radius 1 is 1.43 bits per heavy atom. The fraction of sp³-hybridized carbons (Fsp3) is 0.722. The van der Waals surface area contributed by atoms with Gasteiger partial charge in [0.15, 0.2) is 28.9 Å². The van der Waals surface area contributed by atoms with Crippen LogP contribution >= 0.6 is 0 Å². The lowest BCUT2D eigenvalue weighted by molar-refractivity contribution is -0.0566. The van der Waals surface area contributed by atoms with E-state index >= 15 is 4.39 Å². The van der Waals surface area contributed by atoms with Crippen LogP contribution in [-0.2, 0) is 4.74 Å². The zero-order valence-electron chi connectivity index (χ0n) is 16.5. The molecule has 1 saturated heterocycles. The number of aliphatic hydroxyl groups excluding tert-OH is 2. The van der Waals surface area contributed by atoms with Crippen molar-refractivity contribution in [3.8, 4) is 0 Å². The summed E-state index contributed by atoms with van der Waals surface area (Å²) in [6.45, 7) is 4.75. The van der Waals surface area contributed by atoms with Gasteiger partial charge in [-0.15, -0.1) is 0 Å². The maximum Gasteiger partial charge on any atom is 0.226 e. The summed E-state index contributed by atoms with van der Waals surface area (Å²) in [6.07, 6.45) is 0.00990. The van der Waals surface area contributed by atoms with Gasteiger partial charge < -0.3 is 25.2 Å². The van der Waals surface area contributed by atoms with Gasteiger partial charge in [-0.25, -0.2) is 9.37 Å². The van der Waals surface area contributed by atoms with E-state index in [0.29, 0.717) is 29.0 Å². The molecule has 0 aromatic carbocycles. The third-order valence-corrected chi connectivity index (χ3v) is 5.40. The summed E-state index contributed by atoms with van der Waals surface area (Å²) < 4.78 is 22.4.